The SMILES string of the molecule is CC(C)Oc1cc(C(N)c2cnco2)ccc1OC(F)F. The van der Waals surface area contributed by atoms with Gasteiger partial charge in [-0.2, -0.15) is 8.78 Å². The Balaban J connectivity index is 2.31. The second-order valence-electron chi connectivity index (χ2n) is 4.63. The van der Waals surface area contributed by atoms with Crippen LogP contribution >= 0.6 is 0 Å². The van der Waals surface area contributed by atoms with Gasteiger partial charge in [-0.3, -0.25) is 0 Å². The van der Waals surface area contributed by atoms with E-state index in [1.165, 1.54) is 18.7 Å². The molecule has 1 heterocycles. The number of aromatic nitrogens is 1. The van der Waals surface area contributed by atoms with Crippen molar-refractivity contribution in [3.8, 4) is 11.5 Å². The molecule has 0 radical (unpaired) electrons. The van der Waals surface area contributed by atoms with Gasteiger partial charge in [0.25, 0.3) is 0 Å². The van der Waals surface area contributed by atoms with Crippen LogP contribution in [0.5, 0.6) is 11.5 Å². The summed E-state index contributed by atoms with van der Waals surface area (Å²) in [4.78, 5) is 3.79. The molecule has 0 aliphatic rings. The molecule has 114 valence electrons. The number of hydrogen-bond acceptors (Lipinski definition) is 5. The second kappa shape index (κ2) is 6.53. The average Bonchev–Trinajstić information content (AvgIpc) is 2.92. The van der Waals surface area contributed by atoms with Gasteiger partial charge in [-0.25, -0.2) is 4.98 Å². The van der Waals surface area contributed by atoms with E-state index in [2.05, 4.69) is 9.72 Å². The van der Waals surface area contributed by atoms with Crippen molar-refractivity contribution < 1.29 is 22.7 Å². The molecule has 2 rings (SSSR count). The van der Waals surface area contributed by atoms with Gasteiger partial charge in [0.05, 0.1) is 18.3 Å². The Morgan fingerprint density at radius 2 is 1.95 bits per heavy atom. The highest BCUT2D eigenvalue weighted by Crippen LogP contribution is 2.33. The summed E-state index contributed by atoms with van der Waals surface area (Å²) in [6.07, 6.45) is 2.58. The number of rotatable bonds is 6. The van der Waals surface area contributed by atoms with E-state index in [9.17, 15) is 8.78 Å². The fourth-order valence-electron chi connectivity index (χ4n) is 1.80. The highest BCUT2D eigenvalue weighted by molar-refractivity contribution is 5.45. The Kier molecular flexibility index (Phi) is 4.74. The van der Waals surface area contributed by atoms with E-state index < -0.39 is 12.7 Å². The van der Waals surface area contributed by atoms with E-state index in [4.69, 9.17) is 14.9 Å². The first-order chi connectivity index (χ1) is 9.97. The summed E-state index contributed by atoms with van der Waals surface area (Å²) >= 11 is 0. The molecule has 1 aromatic carbocycles. The molecule has 2 N–H and O–H groups in total. The maximum atomic E-state index is 12.4. The van der Waals surface area contributed by atoms with Crippen LogP contribution in [0.1, 0.15) is 31.2 Å². The van der Waals surface area contributed by atoms with E-state index in [-0.39, 0.29) is 17.6 Å². The molecule has 21 heavy (non-hydrogen) atoms. The van der Waals surface area contributed by atoms with Gasteiger partial charge in [0.1, 0.15) is 5.76 Å². The van der Waals surface area contributed by atoms with Crippen LogP contribution in [-0.4, -0.2) is 17.7 Å². The highest BCUT2D eigenvalue weighted by Gasteiger charge is 2.18. The largest absolute Gasteiger partial charge is 0.487 e. The third-order valence-corrected chi connectivity index (χ3v) is 2.66. The van der Waals surface area contributed by atoms with Crippen LogP contribution in [0.3, 0.4) is 0 Å². The van der Waals surface area contributed by atoms with Crippen molar-refractivity contribution in [2.75, 3.05) is 0 Å². The topological polar surface area (TPSA) is 70.5 Å². The monoisotopic (exact) mass is 298 g/mol. The Labute approximate surface area is 120 Å². The molecule has 1 unspecified atom stereocenters. The number of oxazole rings is 1. The van der Waals surface area contributed by atoms with Gasteiger partial charge in [-0.05, 0) is 31.5 Å². The van der Waals surface area contributed by atoms with Gasteiger partial charge in [0.15, 0.2) is 17.9 Å². The lowest BCUT2D eigenvalue weighted by Crippen LogP contribution is -2.13. The zero-order valence-corrected chi connectivity index (χ0v) is 11.6. The molecule has 0 bridgehead atoms. The van der Waals surface area contributed by atoms with Gasteiger partial charge in [0.2, 0.25) is 0 Å². The molecule has 1 atom stereocenters. The molecule has 1 aromatic heterocycles. The van der Waals surface area contributed by atoms with Gasteiger partial charge in [0, 0.05) is 0 Å². The van der Waals surface area contributed by atoms with E-state index in [1.807, 2.05) is 0 Å². The summed E-state index contributed by atoms with van der Waals surface area (Å²) in [6.45, 7) is 0.651. The lowest BCUT2D eigenvalue weighted by Gasteiger charge is -2.17. The minimum atomic E-state index is -2.92. The average molecular weight is 298 g/mol. The molecule has 0 saturated carbocycles. The third-order valence-electron chi connectivity index (χ3n) is 2.66. The molecule has 2 aromatic rings. The van der Waals surface area contributed by atoms with Crippen LogP contribution in [0.4, 0.5) is 8.78 Å². The number of benzene rings is 1. The number of halogens is 2. The van der Waals surface area contributed by atoms with Crippen molar-refractivity contribution in [2.45, 2.75) is 32.6 Å². The van der Waals surface area contributed by atoms with Crippen LogP contribution in [0.15, 0.2) is 35.2 Å². The number of nitrogens with two attached hydrogens (primary N) is 1. The van der Waals surface area contributed by atoms with Gasteiger partial charge in [-0.15, -0.1) is 0 Å². The fraction of sp³-hybridized carbons (Fsp3) is 0.357. The first-order valence-electron chi connectivity index (χ1n) is 6.36. The zero-order chi connectivity index (χ0) is 15.4. The van der Waals surface area contributed by atoms with Crippen molar-refractivity contribution in [2.24, 2.45) is 5.73 Å². The Morgan fingerprint density at radius 1 is 1.19 bits per heavy atom. The smallest absolute Gasteiger partial charge is 0.387 e. The molecule has 0 amide bonds. The van der Waals surface area contributed by atoms with Gasteiger partial charge >= 0.3 is 6.61 Å². The van der Waals surface area contributed by atoms with Crippen LogP contribution in [0.2, 0.25) is 0 Å². The Hall–Kier alpha value is -2.15. The summed E-state index contributed by atoms with van der Waals surface area (Å²) in [6, 6.07) is 3.97. The van der Waals surface area contributed by atoms with Gasteiger partial charge in [-0.1, -0.05) is 6.07 Å². The van der Waals surface area contributed by atoms with Crippen molar-refractivity contribution in [1.29, 1.82) is 0 Å². The first kappa shape index (κ1) is 15.2. The van der Waals surface area contributed by atoms with Crippen molar-refractivity contribution >= 4 is 0 Å². The highest BCUT2D eigenvalue weighted by atomic mass is 19.3. The first-order valence-corrected chi connectivity index (χ1v) is 6.36. The number of ether oxygens (including phenoxy) is 2. The molecule has 7 heteroatoms. The van der Waals surface area contributed by atoms with E-state index in [0.717, 1.165) is 0 Å². The predicted octanol–water partition coefficient (Wildman–Crippen LogP) is 3.11. The van der Waals surface area contributed by atoms with Crippen LogP contribution in [0.25, 0.3) is 0 Å². The third kappa shape index (κ3) is 3.91. The van der Waals surface area contributed by atoms with Crippen molar-refractivity contribution in [3.05, 3.63) is 42.1 Å². The summed E-state index contributed by atoms with van der Waals surface area (Å²) in [7, 11) is 0. The Bertz CT molecular complexity index is 574. The maximum Gasteiger partial charge on any atom is 0.387 e. The van der Waals surface area contributed by atoms with E-state index >= 15 is 0 Å². The van der Waals surface area contributed by atoms with Crippen LogP contribution < -0.4 is 15.2 Å². The van der Waals surface area contributed by atoms with Crippen LogP contribution in [-0.2, 0) is 0 Å². The zero-order valence-electron chi connectivity index (χ0n) is 11.6. The molecule has 0 aliphatic heterocycles. The quantitative estimate of drug-likeness (QED) is 0.887. The second-order valence-corrected chi connectivity index (χ2v) is 4.63. The van der Waals surface area contributed by atoms with Crippen molar-refractivity contribution in [1.82, 2.24) is 4.98 Å². The van der Waals surface area contributed by atoms with E-state index in [1.54, 1.807) is 26.0 Å². The minimum absolute atomic E-state index is 0.0350. The molecule has 0 fully saturated rings. The van der Waals surface area contributed by atoms with E-state index in [0.29, 0.717) is 11.3 Å². The summed E-state index contributed by atoms with van der Waals surface area (Å²) in [5.41, 5.74) is 6.68. The maximum absolute atomic E-state index is 12.4. The lowest BCUT2D eigenvalue weighted by atomic mass is 10.1. The van der Waals surface area contributed by atoms with Crippen molar-refractivity contribution in [3.63, 3.8) is 0 Å². The summed E-state index contributed by atoms with van der Waals surface area (Å²) < 4.78 is 39.9. The van der Waals surface area contributed by atoms with Crippen LogP contribution in [0, 0.1) is 0 Å². The standard InChI is InChI=1S/C14H16F2N2O3/c1-8(2)20-11-5-9(3-4-10(11)21-14(15)16)13(17)12-6-18-7-19-12/h3-8,13-14H,17H2,1-2H3. The lowest BCUT2D eigenvalue weighted by molar-refractivity contribution is -0.0519. The molecular weight excluding hydrogens is 282 g/mol. The number of hydrogen-bond donors (Lipinski definition) is 1. The molecule has 0 saturated heterocycles. The molecule has 0 aliphatic carbocycles. The number of nitrogens with zero attached hydrogens (tertiary/aromatic N) is 1. The summed E-state index contributed by atoms with van der Waals surface area (Å²) in [5.74, 6) is 0.637. The number of alkyl halides is 2. The molecular formula is C14H16F2N2O3. The molecule has 5 nitrogen and oxygen atoms in total. The molecule has 0 spiro atoms. The fourth-order valence-corrected chi connectivity index (χ4v) is 1.80. The Morgan fingerprint density at radius 3 is 2.52 bits per heavy atom. The predicted molar refractivity (Wildman–Crippen MR) is 71.4 cm³/mol. The minimum Gasteiger partial charge on any atom is -0.487 e. The summed E-state index contributed by atoms with van der Waals surface area (Å²) in [5, 5.41) is 0. The van der Waals surface area contributed by atoms with Gasteiger partial charge < -0.3 is 19.6 Å². The normalized spacial score (nSPS) is 12.7.